The van der Waals surface area contributed by atoms with E-state index in [0.717, 1.165) is 4.88 Å². The first kappa shape index (κ1) is 11.5. The van der Waals surface area contributed by atoms with Crippen LogP contribution >= 0.6 is 23.7 Å². The number of hydrogen-bond donors (Lipinski definition) is 0. The van der Waals surface area contributed by atoms with Crippen LogP contribution in [0.1, 0.15) is 30.5 Å². The van der Waals surface area contributed by atoms with Gasteiger partial charge >= 0.3 is 0 Å². The van der Waals surface area contributed by atoms with Crippen LogP contribution in [-0.4, -0.2) is 0 Å². The fourth-order valence-corrected chi connectivity index (χ4v) is 1.66. The number of thiophene rings is 1. The highest BCUT2D eigenvalue weighted by Crippen LogP contribution is 2.28. The second-order valence-corrected chi connectivity index (χ2v) is 4.61. The molecule has 0 saturated carbocycles. The third kappa shape index (κ3) is 2.51. The molecular formula is C9H12ClNS. The van der Waals surface area contributed by atoms with Crippen molar-refractivity contribution in [3.8, 4) is 6.07 Å². The van der Waals surface area contributed by atoms with E-state index < -0.39 is 0 Å². The molecule has 66 valence electrons. The van der Waals surface area contributed by atoms with Gasteiger partial charge in [0.15, 0.2) is 0 Å². The van der Waals surface area contributed by atoms with Crippen molar-refractivity contribution in [1.82, 2.24) is 0 Å². The number of nitrogens with zero attached hydrogens (tertiary/aromatic N) is 1. The molecule has 0 bridgehead atoms. The van der Waals surface area contributed by atoms with Crippen LogP contribution in [0.25, 0.3) is 0 Å². The quantitative estimate of drug-likeness (QED) is 0.632. The van der Waals surface area contributed by atoms with Crippen LogP contribution in [0.4, 0.5) is 0 Å². The third-order valence-electron chi connectivity index (χ3n) is 1.46. The lowest BCUT2D eigenvalue weighted by Gasteiger charge is -2.14. The smallest absolute Gasteiger partial charge is 0.110 e. The maximum Gasteiger partial charge on any atom is 0.110 e. The fourth-order valence-electron chi connectivity index (χ4n) is 0.801. The van der Waals surface area contributed by atoms with Crippen molar-refractivity contribution in [2.75, 3.05) is 0 Å². The minimum atomic E-state index is 0. The van der Waals surface area contributed by atoms with Crippen LogP contribution in [0.5, 0.6) is 0 Å². The minimum absolute atomic E-state index is 0. The van der Waals surface area contributed by atoms with E-state index in [-0.39, 0.29) is 17.8 Å². The van der Waals surface area contributed by atoms with Gasteiger partial charge in [0.05, 0.1) is 0 Å². The molecule has 3 heteroatoms. The third-order valence-corrected chi connectivity index (χ3v) is 2.87. The molecule has 1 heterocycles. The molecule has 0 amide bonds. The van der Waals surface area contributed by atoms with Crippen molar-refractivity contribution in [3.63, 3.8) is 0 Å². The second kappa shape index (κ2) is 3.93. The van der Waals surface area contributed by atoms with E-state index in [1.54, 1.807) is 11.3 Å². The van der Waals surface area contributed by atoms with Crippen molar-refractivity contribution in [1.29, 1.82) is 5.26 Å². The van der Waals surface area contributed by atoms with Gasteiger partial charge in [0.25, 0.3) is 0 Å². The highest BCUT2D eigenvalue weighted by molar-refractivity contribution is 7.12. The molecule has 0 atom stereocenters. The van der Waals surface area contributed by atoms with Gasteiger partial charge in [0, 0.05) is 4.88 Å². The zero-order valence-electron chi connectivity index (χ0n) is 7.42. The molecule has 1 rings (SSSR count). The van der Waals surface area contributed by atoms with E-state index in [2.05, 4.69) is 26.8 Å². The van der Waals surface area contributed by atoms with Crippen LogP contribution in [0.2, 0.25) is 0 Å². The average molecular weight is 202 g/mol. The van der Waals surface area contributed by atoms with Gasteiger partial charge in [-0.2, -0.15) is 5.26 Å². The molecule has 0 unspecified atom stereocenters. The molecule has 1 nitrogen and oxygen atoms in total. The fraction of sp³-hybridized carbons (Fsp3) is 0.444. The lowest BCUT2D eigenvalue weighted by Crippen LogP contribution is -2.07. The van der Waals surface area contributed by atoms with Crippen molar-refractivity contribution < 1.29 is 0 Å². The minimum Gasteiger partial charge on any atom is -0.192 e. The Morgan fingerprint density at radius 1 is 1.33 bits per heavy atom. The van der Waals surface area contributed by atoms with Gasteiger partial charge in [0.1, 0.15) is 10.9 Å². The lowest BCUT2D eigenvalue weighted by molar-refractivity contribution is 0.604. The van der Waals surface area contributed by atoms with E-state index >= 15 is 0 Å². The van der Waals surface area contributed by atoms with Gasteiger partial charge in [-0.1, -0.05) is 20.8 Å². The summed E-state index contributed by atoms with van der Waals surface area (Å²) in [5.74, 6) is 0. The Hall–Kier alpha value is -0.520. The monoisotopic (exact) mass is 201 g/mol. The summed E-state index contributed by atoms with van der Waals surface area (Å²) in [6.45, 7) is 6.46. The van der Waals surface area contributed by atoms with Gasteiger partial charge < -0.3 is 0 Å². The maximum absolute atomic E-state index is 8.58. The van der Waals surface area contributed by atoms with Crippen molar-refractivity contribution in [3.05, 3.63) is 21.9 Å². The molecule has 12 heavy (non-hydrogen) atoms. The first-order valence-corrected chi connectivity index (χ1v) is 4.36. The summed E-state index contributed by atoms with van der Waals surface area (Å²) in [6.07, 6.45) is 0. The predicted molar refractivity (Wildman–Crippen MR) is 55.0 cm³/mol. The van der Waals surface area contributed by atoms with E-state index in [1.807, 2.05) is 12.1 Å². The Bertz CT molecular complexity index is 290. The number of nitriles is 1. The molecule has 1 aromatic rings. The summed E-state index contributed by atoms with van der Waals surface area (Å²) in [5.41, 5.74) is 0.180. The Balaban J connectivity index is 0.00000121. The van der Waals surface area contributed by atoms with Crippen molar-refractivity contribution in [2.24, 2.45) is 0 Å². The number of halogens is 1. The Morgan fingerprint density at radius 3 is 2.17 bits per heavy atom. The van der Waals surface area contributed by atoms with Gasteiger partial charge in [-0.25, -0.2) is 0 Å². The van der Waals surface area contributed by atoms with Gasteiger partial charge in [-0.05, 0) is 17.5 Å². The first-order chi connectivity index (χ1) is 5.04. The summed E-state index contributed by atoms with van der Waals surface area (Å²) in [6, 6.07) is 6.05. The largest absolute Gasteiger partial charge is 0.192 e. The summed E-state index contributed by atoms with van der Waals surface area (Å²) >= 11 is 1.58. The molecule has 0 saturated heterocycles. The van der Waals surface area contributed by atoms with Crippen molar-refractivity contribution >= 4 is 23.7 Å². The normalized spacial score (nSPS) is 10.2. The summed E-state index contributed by atoms with van der Waals surface area (Å²) < 4.78 is 0. The molecule has 0 aromatic carbocycles. The summed E-state index contributed by atoms with van der Waals surface area (Å²) in [7, 11) is 0. The second-order valence-electron chi connectivity index (χ2n) is 3.53. The predicted octanol–water partition coefficient (Wildman–Crippen LogP) is 3.34. The van der Waals surface area contributed by atoms with Crippen LogP contribution in [0, 0.1) is 11.3 Å². The van der Waals surface area contributed by atoms with Crippen molar-refractivity contribution in [2.45, 2.75) is 26.2 Å². The molecular weight excluding hydrogens is 190 g/mol. The molecule has 0 spiro atoms. The highest BCUT2D eigenvalue weighted by Gasteiger charge is 2.15. The number of rotatable bonds is 0. The molecule has 0 aliphatic heterocycles. The van der Waals surface area contributed by atoms with E-state index in [9.17, 15) is 0 Å². The van der Waals surface area contributed by atoms with Gasteiger partial charge in [0.2, 0.25) is 0 Å². The van der Waals surface area contributed by atoms with E-state index in [1.165, 1.54) is 4.88 Å². The molecule has 0 N–H and O–H groups in total. The van der Waals surface area contributed by atoms with Crippen LogP contribution in [0.15, 0.2) is 12.1 Å². The Morgan fingerprint density at radius 2 is 1.92 bits per heavy atom. The van der Waals surface area contributed by atoms with Gasteiger partial charge in [-0.15, -0.1) is 23.7 Å². The standard InChI is InChI=1S/C9H11NS.ClH/c1-9(2,3)8-5-4-7(6-10)11-8;/h4-5H,1-3H3;1H. The molecule has 0 aliphatic carbocycles. The summed E-state index contributed by atoms with van der Waals surface area (Å²) in [4.78, 5) is 2.07. The topological polar surface area (TPSA) is 23.8 Å². The zero-order chi connectivity index (χ0) is 8.48. The Kier molecular flexibility index (Phi) is 3.76. The number of hydrogen-bond acceptors (Lipinski definition) is 2. The molecule has 0 fully saturated rings. The van der Waals surface area contributed by atoms with Crippen LogP contribution < -0.4 is 0 Å². The van der Waals surface area contributed by atoms with Crippen LogP contribution in [-0.2, 0) is 5.41 Å². The Labute approximate surface area is 83.4 Å². The first-order valence-electron chi connectivity index (χ1n) is 3.54. The zero-order valence-corrected chi connectivity index (χ0v) is 9.05. The molecule has 1 aromatic heterocycles. The maximum atomic E-state index is 8.58. The lowest BCUT2D eigenvalue weighted by atomic mass is 9.95. The van der Waals surface area contributed by atoms with E-state index in [4.69, 9.17) is 5.26 Å². The van der Waals surface area contributed by atoms with E-state index in [0.29, 0.717) is 0 Å². The van der Waals surface area contributed by atoms with Gasteiger partial charge in [-0.3, -0.25) is 0 Å². The molecule has 0 aliphatic rings. The highest BCUT2D eigenvalue weighted by atomic mass is 35.5. The summed E-state index contributed by atoms with van der Waals surface area (Å²) in [5, 5.41) is 8.58. The average Bonchev–Trinajstić information content (AvgIpc) is 2.32. The molecule has 0 radical (unpaired) electrons. The van der Waals surface area contributed by atoms with Crippen LogP contribution in [0.3, 0.4) is 0 Å². The SMILES string of the molecule is CC(C)(C)c1ccc(C#N)s1.Cl.